The second-order valence-electron chi connectivity index (χ2n) is 2.97. The van der Waals surface area contributed by atoms with Gasteiger partial charge in [0, 0.05) is 13.0 Å². The highest BCUT2D eigenvalue weighted by Gasteiger charge is 2.11. The molecule has 0 bridgehead atoms. The van der Waals surface area contributed by atoms with E-state index in [1.807, 2.05) is 0 Å². The zero-order valence-corrected chi connectivity index (χ0v) is 11.2. The van der Waals surface area contributed by atoms with Gasteiger partial charge in [0.1, 0.15) is 0 Å². The quantitative estimate of drug-likeness (QED) is 0.371. The number of unbranched alkanes of at least 4 members (excludes halogenated alkanes) is 1. The van der Waals surface area contributed by atoms with Crippen molar-refractivity contribution in [3.05, 3.63) is 31.7 Å². The highest BCUT2D eigenvalue weighted by atomic mass is 35.5. The molecule has 1 aromatic carbocycles. The van der Waals surface area contributed by atoms with E-state index in [0.29, 0.717) is 28.5 Å². The zero-order chi connectivity index (χ0) is 12.1. The third-order valence-corrected chi connectivity index (χ3v) is 3.35. The molecule has 0 aliphatic heterocycles. The molecule has 1 N–H and O–H groups in total. The van der Waals surface area contributed by atoms with Crippen LogP contribution in [0.4, 0.5) is 0 Å². The number of halogens is 4. The third-order valence-electron chi connectivity index (χ3n) is 1.79. The van der Waals surface area contributed by atoms with Gasteiger partial charge in [-0.15, -0.1) is 0 Å². The minimum absolute atomic E-state index is 0.109. The Morgan fingerprint density at radius 3 is 2.38 bits per heavy atom. The highest BCUT2D eigenvalue weighted by Crippen LogP contribution is 2.36. The van der Waals surface area contributed by atoms with Crippen LogP contribution in [0.15, 0.2) is 6.07 Å². The Morgan fingerprint density at radius 1 is 1.06 bits per heavy atom. The molecular weight excluding hydrogens is 290 g/mol. The number of hydrogen-bond acceptors (Lipinski definition) is 1. The van der Waals surface area contributed by atoms with Crippen LogP contribution in [0.5, 0.6) is 0 Å². The first-order chi connectivity index (χ1) is 7.57. The summed E-state index contributed by atoms with van der Waals surface area (Å²) in [6.07, 6.45) is 1.19. The highest BCUT2D eigenvalue weighted by molar-refractivity contribution is 6.49. The van der Waals surface area contributed by atoms with Crippen LogP contribution >= 0.6 is 46.4 Å². The molecule has 1 nitrogen and oxygen atoms in total. The van der Waals surface area contributed by atoms with Crippen molar-refractivity contribution in [2.24, 2.45) is 0 Å². The summed E-state index contributed by atoms with van der Waals surface area (Å²) in [5.41, 5.74) is 0.468. The van der Waals surface area contributed by atoms with Crippen molar-refractivity contribution in [3.8, 4) is 11.8 Å². The molecule has 0 saturated carbocycles. The predicted octanol–water partition coefficient (Wildman–Crippen LogP) is 4.42. The van der Waals surface area contributed by atoms with Gasteiger partial charge in [-0.1, -0.05) is 58.2 Å². The van der Waals surface area contributed by atoms with Gasteiger partial charge in [-0.2, -0.15) is 0 Å². The lowest BCUT2D eigenvalue weighted by atomic mass is 10.2. The van der Waals surface area contributed by atoms with E-state index in [1.54, 1.807) is 0 Å². The lowest BCUT2D eigenvalue weighted by Gasteiger charge is -2.04. The molecule has 0 atom stereocenters. The lowest BCUT2D eigenvalue weighted by molar-refractivity contribution is 0.290. The second-order valence-corrected chi connectivity index (χ2v) is 4.54. The fourth-order valence-corrected chi connectivity index (χ4v) is 2.01. The molecular formula is C11H8Cl4O. The molecule has 1 aromatic rings. The topological polar surface area (TPSA) is 20.2 Å². The number of benzene rings is 1. The summed E-state index contributed by atoms with van der Waals surface area (Å²) < 4.78 is 0. The summed E-state index contributed by atoms with van der Waals surface area (Å²) in [5, 5.41) is 9.78. The van der Waals surface area contributed by atoms with Gasteiger partial charge in [-0.25, -0.2) is 0 Å². The monoisotopic (exact) mass is 296 g/mol. The maximum absolute atomic E-state index is 8.59. The van der Waals surface area contributed by atoms with Gasteiger partial charge in [0.05, 0.1) is 25.7 Å². The maximum Gasteiger partial charge on any atom is 0.0792 e. The molecule has 0 aliphatic carbocycles. The molecule has 5 heteroatoms. The van der Waals surface area contributed by atoms with Gasteiger partial charge in [-0.3, -0.25) is 0 Å². The first-order valence-electron chi connectivity index (χ1n) is 4.50. The van der Waals surface area contributed by atoms with Crippen molar-refractivity contribution < 1.29 is 5.11 Å². The molecule has 0 saturated heterocycles. The van der Waals surface area contributed by atoms with Crippen LogP contribution < -0.4 is 0 Å². The molecule has 16 heavy (non-hydrogen) atoms. The van der Waals surface area contributed by atoms with E-state index in [4.69, 9.17) is 51.5 Å². The van der Waals surface area contributed by atoms with Crippen molar-refractivity contribution in [2.75, 3.05) is 6.61 Å². The minimum atomic E-state index is 0.109. The lowest BCUT2D eigenvalue weighted by Crippen LogP contribution is -1.84. The molecule has 0 spiro atoms. The summed E-state index contributed by atoms with van der Waals surface area (Å²) in [6.45, 7) is 0.109. The molecule has 86 valence electrons. The number of aliphatic hydroxyl groups is 1. The third kappa shape index (κ3) is 3.45. The number of rotatable bonds is 2. The van der Waals surface area contributed by atoms with E-state index in [-0.39, 0.29) is 16.7 Å². The van der Waals surface area contributed by atoms with Gasteiger partial charge >= 0.3 is 0 Å². The summed E-state index contributed by atoms with van der Waals surface area (Å²) in [7, 11) is 0. The van der Waals surface area contributed by atoms with Crippen molar-refractivity contribution in [1.82, 2.24) is 0 Å². The van der Waals surface area contributed by atoms with Crippen LogP contribution in [-0.4, -0.2) is 11.7 Å². The molecule has 0 heterocycles. The van der Waals surface area contributed by atoms with Gasteiger partial charge in [-0.05, 0) is 12.5 Å². The summed E-state index contributed by atoms with van der Waals surface area (Å²) in [6, 6.07) is 1.51. The van der Waals surface area contributed by atoms with E-state index in [9.17, 15) is 0 Å². The van der Waals surface area contributed by atoms with Crippen LogP contribution in [0.25, 0.3) is 0 Å². The van der Waals surface area contributed by atoms with Gasteiger partial charge in [0.15, 0.2) is 0 Å². The Balaban J connectivity index is 3.03. The van der Waals surface area contributed by atoms with Gasteiger partial charge in [0.25, 0.3) is 0 Å². The molecule has 1 rings (SSSR count). The Kier molecular flexibility index (Phi) is 5.75. The van der Waals surface area contributed by atoms with Crippen LogP contribution in [0.1, 0.15) is 18.4 Å². The Hall–Kier alpha value is -0.100. The fraction of sp³-hybridized carbons (Fsp3) is 0.273. The summed E-state index contributed by atoms with van der Waals surface area (Å²) in [5.74, 6) is 5.67. The van der Waals surface area contributed by atoms with E-state index >= 15 is 0 Å². The van der Waals surface area contributed by atoms with Crippen LogP contribution in [-0.2, 0) is 0 Å². The first kappa shape index (κ1) is 14.0. The van der Waals surface area contributed by atoms with E-state index in [2.05, 4.69) is 11.8 Å². The van der Waals surface area contributed by atoms with Crippen LogP contribution in [0.3, 0.4) is 0 Å². The average molecular weight is 298 g/mol. The maximum atomic E-state index is 8.59. The van der Waals surface area contributed by atoms with Crippen LogP contribution in [0, 0.1) is 11.8 Å². The molecule has 0 radical (unpaired) electrons. The molecule has 0 amide bonds. The normalized spacial score (nSPS) is 9.81. The van der Waals surface area contributed by atoms with Crippen molar-refractivity contribution in [2.45, 2.75) is 12.8 Å². The Morgan fingerprint density at radius 2 is 1.75 bits per heavy atom. The zero-order valence-electron chi connectivity index (χ0n) is 8.16. The average Bonchev–Trinajstić information content (AvgIpc) is 2.25. The van der Waals surface area contributed by atoms with Crippen molar-refractivity contribution >= 4 is 46.4 Å². The molecule has 0 aliphatic rings. The largest absolute Gasteiger partial charge is 0.396 e. The fourth-order valence-electron chi connectivity index (χ4n) is 0.999. The Bertz CT molecular complexity index is 446. The van der Waals surface area contributed by atoms with Crippen LogP contribution in [0.2, 0.25) is 20.1 Å². The molecule has 0 aromatic heterocycles. The smallest absolute Gasteiger partial charge is 0.0792 e. The van der Waals surface area contributed by atoms with Crippen molar-refractivity contribution in [1.29, 1.82) is 0 Å². The Labute approximate surface area is 114 Å². The minimum Gasteiger partial charge on any atom is -0.396 e. The summed E-state index contributed by atoms with van der Waals surface area (Å²) in [4.78, 5) is 0. The number of hydrogen-bond donors (Lipinski definition) is 1. The predicted molar refractivity (Wildman–Crippen MR) is 69.7 cm³/mol. The molecule has 0 fully saturated rings. The standard InChI is InChI=1S/C11H8Cl4O/c12-8-6-9(13)11(15)10(14)7(8)4-2-1-3-5-16/h6,16H,1,3,5H2. The van der Waals surface area contributed by atoms with E-state index in [0.717, 1.165) is 0 Å². The van der Waals surface area contributed by atoms with E-state index < -0.39 is 0 Å². The molecule has 0 unspecified atom stereocenters. The van der Waals surface area contributed by atoms with E-state index in [1.165, 1.54) is 6.07 Å². The number of aliphatic hydroxyl groups excluding tert-OH is 1. The summed E-state index contributed by atoms with van der Waals surface area (Å²) >= 11 is 23.6. The second kappa shape index (κ2) is 6.59. The SMILES string of the molecule is OCCCC#Cc1c(Cl)cc(Cl)c(Cl)c1Cl. The van der Waals surface area contributed by atoms with Gasteiger partial charge in [0.2, 0.25) is 0 Å². The van der Waals surface area contributed by atoms with Crippen molar-refractivity contribution in [3.63, 3.8) is 0 Å². The van der Waals surface area contributed by atoms with Gasteiger partial charge < -0.3 is 5.11 Å². The first-order valence-corrected chi connectivity index (χ1v) is 6.01.